The van der Waals surface area contributed by atoms with E-state index in [4.69, 9.17) is 4.52 Å². The molecule has 0 aliphatic rings. The third-order valence-electron chi connectivity index (χ3n) is 3.04. The first kappa shape index (κ1) is 15.1. The summed E-state index contributed by atoms with van der Waals surface area (Å²) in [5, 5.41) is 7.29. The predicted molar refractivity (Wildman–Crippen MR) is 90.2 cm³/mol. The van der Waals surface area contributed by atoms with E-state index in [2.05, 4.69) is 21.5 Å². The number of anilines is 1. The molecule has 0 saturated carbocycles. The fraction of sp³-hybridized carbons (Fsp3) is 0.267. The van der Waals surface area contributed by atoms with E-state index in [-0.39, 0.29) is 11.2 Å². The van der Waals surface area contributed by atoms with E-state index in [0.717, 1.165) is 16.2 Å². The molecular weight excluding hydrogens is 318 g/mol. The van der Waals surface area contributed by atoms with Gasteiger partial charge in [-0.1, -0.05) is 17.3 Å². The van der Waals surface area contributed by atoms with E-state index in [1.165, 1.54) is 4.70 Å². The quantitative estimate of drug-likeness (QED) is 0.768. The number of aryl methyl sites for hydroxylation is 1. The first-order chi connectivity index (χ1) is 10.6. The van der Waals surface area contributed by atoms with Crippen LogP contribution < -0.4 is 5.32 Å². The molecule has 1 N–H and O–H groups in total. The molecule has 1 amide bonds. The summed E-state index contributed by atoms with van der Waals surface area (Å²) in [7, 11) is 0. The SMILES string of the molecule is Cc1cc(NC(=O)[C@H](C)SCc2nc3ccccc3s2)on1. The smallest absolute Gasteiger partial charge is 0.239 e. The Labute approximate surface area is 136 Å². The van der Waals surface area contributed by atoms with Gasteiger partial charge in [-0.2, -0.15) is 0 Å². The van der Waals surface area contributed by atoms with E-state index < -0.39 is 0 Å². The number of carbonyl (C=O) groups excluding carboxylic acids is 1. The van der Waals surface area contributed by atoms with Crippen molar-refractivity contribution in [1.82, 2.24) is 10.1 Å². The van der Waals surface area contributed by atoms with Crippen LogP contribution in [0.1, 0.15) is 17.6 Å². The van der Waals surface area contributed by atoms with Gasteiger partial charge in [0, 0.05) is 11.8 Å². The number of hydrogen-bond acceptors (Lipinski definition) is 6. The number of fused-ring (bicyclic) bond motifs is 1. The zero-order valence-corrected chi connectivity index (χ0v) is 13.8. The summed E-state index contributed by atoms with van der Waals surface area (Å²) in [4.78, 5) is 16.6. The van der Waals surface area contributed by atoms with E-state index in [1.807, 2.05) is 32.0 Å². The number of hydrogen-bond donors (Lipinski definition) is 1. The molecule has 22 heavy (non-hydrogen) atoms. The van der Waals surface area contributed by atoms with Crippen molar-refractivity contribution in [2.45, 2.75) is 24.9 Å². The molecule has 1 atom stereocenters. The van der Waals surface area contributed by atoms with Crippen LogP contribution in [0.3, 0.4) is 0 Å². The number of benzene rings is 1. The molecule has 0 spiro atoms. The van der Waals surface area contributed by atoms with Crippen molar-refractivity contribution in [3.63, 3.8) is 0 Å². The molecule has 0 saturated heterocycles. The molecule has 0 radical (unpaired) electrons. The first-order valence-corrected chi connectivity index (χ1v) is 8.68. The highest BCUT2D eigenvalue weighted by molar-refractivity contribution is 7.99. The van der Waals surface area contributed by atoms with Gasteiger partial charge in [-0.3, -0.25) is 10.1 Å². The highest BCUT2D eigenvalue weighted by Crippen LogP contribution is 2.26. The molecule has 1 aromatic carbocycles. The Morgan fingerprint density at radius 3 is 3.00 bits per heavy atom. The van der Waals surface area contributed by atoms with Crippen LogP contribution in [0.2, 0.25) is 0 Å². The zero-order valence-electron chi connectivity index (χ0n) is 12.2. The lowest BCUT2D eigenvalue weighted by atomic mass is 10.3. The lowest BCUT2D eigenvalue weighted by Gasteiger charge is -2.08. The minimum atomic E-state index is -0.197. The number of thioether (sulfide) groups is 1. The number of thiazole rings is 1. The Kier molecular flexibility index (Phi) is 4.44. The number of aromatic nitrogens is 2. The monoisotopic (exact) mass is 333 g/mol. The highest BCUT2D eigenvalue weighted by atomic mass is 32.2. The maximum atomic E-state index is 12.1. The molecule has 3 rings (SSSR count). The van der Waals surface area contributed by atoms with Gasteiger partial charge in [0.05, 0.1) is 21.2 Å². The zero-order chi connectivity index (χ0) is 15.5. The van der Waals surface area contributed by atoms with Crippen LogP contribution in [-0.2, 0) is 10.5 Å². The molecule has 0 unspecified atom stereocenters. The normalized spacial score (nSPS) is 12.5. The largest absolute Gasteiger partial charge is 0.338 e. The lowest BCUT2D eigenvalue weighted by Crippen LogP contribution is -2.22. The number of rotatable bonds is 5. The van der Waals surface area contributed by atoms with Crippen molar-refractivity contribution < 1.29 is 9.32 Å². The summed E-state index contributed by atoms with van der Waals surface area (Å²) >= 11 is 3.22. The number of amides is 1. The van der Waals surface area contributed by atoms with Gasteiger partial charge >= 0.3 is 0 Å². The molecule has 114 valence electrons. The summed E-state index contributed by atoms with van der Waals surface area (Å²) in [6, 6.07) is 9.75. The molecular formula is C15H15N3O2S2. The standard InChI is InChI=1S/C15H15N3O2S2/c1-9-7-13(20-18-9)17-15(19)10(2)21-8-14-16-11-5-3-4-6-12(11)22-14/h3-7,10H,8H2,1-2H3,(H,17,19)/t10-/m0/s1. The summed E-state index contributed by atoms with van der Waals surface area (Å²) < 4.78 is 6.16. The Balaban J connectivity index is 1.57. The third-order valence-corrected chi connectivity index (χ3v) is 5.41. The minimum absolute atomic E-state index is 0.0951. The van der Waals surface area contributed by atoms with Crippen LogP contribution in [-0.4, -0.2) is 21.3 Å². The Hall–Kier alpha value is -1.86. The fourth-order valence-electron chi connectivity index (χ4n) is 1.90. The average molecular weight is 333 g/mol. The fourth-order valence-corrected chi connectivity index (χ4v) is 3.77. The average Bonchev–Trinajstić information content (AvgIpc) is 3.10. The van der Waals surface area contributed by atoms with Gasteiger partial charge in [-0.25, -0.2) is 4.98 Å². The van der Waals surface area contributed by atoms with E-state index in [0.29, 0.717) is 11.6 Å². The second kappa shape index (κ2) is 6.50. The molecule has 5 nitrogen and oxygen atoms in total. The van der Waals surface area contributed by atoms with Crippen molar-refractivity contribution in [3.05, 3.63) is 41.0 Å². The van der Waals surface area contributed by atoms with Crippen LogP contribution in [0.4, 0.5) is 5.88 Å². The van der Waals surface area contributed by atoms with Gasteiger partial charge in [0.15, 0.2) is 0 Å². The Bertz CT molecular complexity index is 764. The lowest BCUT2D eigenvalue weighted by molar-refractivity contribution is -0.115. The molecule has 0 aliphatic heterocycles. The van der Waals surface area contributed by atoms with Crippen LogP contribution in [0.15, 0.2) is 34.9 Å². The van der Waals surface area contributed by atoms with Gasteiger partial charge in [0.25, 0.3) is 0 Å². The number of nitrogens with zero attached hydrogens (tertiary/aromatic N) is 2. The second-order valence-corrected chi connectivity index (χ2v) is 7.29. The van der Waals surface area contributed by atoms with Gasteiger partial charge < -0.3 is 4.52 Å². The van der Waals surface area contributed by atoms with E-state index in [1.54, 1.807) is 29.2 Å². The summed E-state index contributed by atoms with van der Waals surface area (Å²) in [6.45, 7) is 3.68. The molecule has 2 aromatic heterocycles. The maximum absolute atomic E-state index is 12.1. The van der Waals surface area contributed by atoms with Gasteiger partial charge in [0.2, 0.25) is 11.8 Å². The van der Waals surface area contributed by atoms with Crippen molar-refractivity contribution in [3.8, 4) is 0 Å². The minimum Gasteiger partial charge on any atom is -0.338 e. The Morgan fingerprint density at radius 1 is 1.45 bits per heavy atom. The third kappa shape index (κ3) is 3.48. The molecule has 0 aliphatic carbocycles. The summed E-state index contributed by atoms with van der Waals surface area (Å²) in [5.41, 5.74) is 1.75. The molecule has 0 bridgehead atoms. The van der Waals surface area contributed by atoms with E-state index >= 15 is 0 Å². The van der Waals surface area contributed by atoms with E-state index in [9.17, 15) is 4.79 Å². The van der Waals surface area contributed by atoms with Crippen LogP contribution >= 0.6 is 23.1 Å². The summed E-state index contributed by atoms with van der Waals surface area (Å²) in [6.07, 6.45) is 0. The Morgan fingerprint density at radius 2 is 2.27 bits per heavy atom. The molecule has 0 fully saturated rings. The van der Waals surface area contributed by atoms with Crippen LogP contribution in [0, 0.1) is 6.92 Å². The van der Waals surface area contributed by atoms with Crippen molar-refractivity contribution >= 4 is 45.1 Å². The first-order valence-electron chi connectivity index (χ1n) is 6.82. The summed E-state index contributed by atoms with van der Waals surface area (Å²) in [5.74, 6) is 1.00. The molecule has 2 heterocycles. The van der Waals surface area contributed by atoms with Crippen LogP contribution in [0.5, 0.6) is 0 Å². The topological polar surface area (TPSA) is 68.0 Å². The van der Waals surface area contributed by atoms with Crippen molar-refractivity contribution in [1.29, 1.82) is 0 Å². The van der Waals surface area contributed by atoms with Gasteiger partial charge in [-0.15, -0.1) is 23.1 Å². The second-order valence-electron chi connectivity index (χ2n) is 4.85. The number of nitrogens with one attached hydrogen (secondary N) is 1. The van der Waals surface area contributed by atoms with Crippen molar-refractivity contribution in [2.75, 3.05) is 5.32 Å². The predicted octanol–water partition coefficient (Wildman–Crippen LogP) is 3.85. The molecule has 3 aromatic rings. The van der Waals surface area contributed by atoms with Gasteiger partial charge in [0.1, 0.15) is 5.01 Å². The van der Waals surface area contributed by atoms with Crippen molar-refractivity contribution in [2.24, 2.45) is 0 Å². The van der Waals surface area contributed by atoms with Crippen LogP contribution in [0.25, 0.3) is 10.2 Å². The highest BCUT2D eigenvalue weighted by Gasteiger charge is 2.16. The van der Waals surface area contributed by atoms with Gasteiger partial charge in [-0.05, 0) is 26.0 Å². The maximum Gasteiger partial charge on any atom is 0.239 e. The number of carbonyl (C=O) groups is 1. The number of para-hydroxylation sites is 1. The molecule has 7 heteroatoms.